The largest absolute Gasteiger partial charge is 0.341 e. The Hall–Kier alpha value is -1.06. The van der Waals surface area contributed by atoms with Crippen molar-refractivity contribution in [3.8, 4) is 0 Å². The minimum Gasteiger partial charge on any atom is -0.341 e. The number of halogens is 1. The van der Waals surface area contributed by atoms with Crippen LogP contribution in [0.2, 0.25) is 5.02 Å². The maximum Gasteiger partial charge on any atom is 0.226 e. The Morgan fingerprint density at radius 1 is 1.53 bits per heavy atom. The van der Waals surface area contributed by atoms with Crippen LogP contribution < -0.4 is 5.32 Å². The number of carbonyl (C=O) groups is 1. The monoisotopic (exact) mass is 254 g/mol. The summed E-state index contributed by atoms with van der Waals surface area (Å²) in [5.41, 5.74) is 1.05. The molecule has 0 aliphatic heterocycles. The first-order valence-electron chi connectivity index (χ1n) is 5.68. The minimum atomic E-state index is -0.0100. The summed E-state index contributed by atoms with van der Waals surface area (Å²) >= 11 is 5.91. The predicted molar refractivity (Wildman–Crippen MR) is 71.0 cm³/mol. The van der Waals surface area contributed by atoms with Gasteiger partial charge in [0.05, 0.1) is 0 Å². The van der Waals surface area contributed by atoms with Crippen molar-refractivity contribution < 1.29 is 4.79 Å². The molecule has 94 valence electrons. The Kier molecular flexibility index (Phi) is 5.45. The lowest BCUT2D eigenvalue weighted by atomic mass is 10.1. The van der Waals surface area contributed by atoms with Crippen molar-refractivity contribution in [1.82, 2.24) is 10.2 Å². The molecule has 0 spiro atoms. The number of hydrogen-bond acceptors (Lipinski definition) is 2. The van der Waals surface area contributed by atoms with E-state index in [0.29, 0.717) is 18.1 Å². The molecule has 0 radical (unpaired) electrons. The van der Waals surface area contributed by atoms with Gasteiger partial charge in [-0.3, -0.25) is 4.79 Å². The van der Waals surface area contributed by atoms with Gasteiger partial charge in [-0.2, -0.15) is 0 Å². The molecule has 1 amide bonds. The van der Waals surface area contributed by atoms with E-state index in [1.165, 1.54) is 0 Å². The summed E-state index contributed by atoms with van der Waals surface area (Å²) in [4.78, 5) is 13.7. The van der Waals surface area contributed by atoms with Gasteiger partial charge in [0, 0.05) is 31.1 Å². The lowest BCUT2D eigenvalue weighted by molar-refractivity contribution is -0.134. The molecule has 1 aromatic rings. The maximum absolute atomic E-state index is 12.0. The molecule has 4 heteroatoms. The van der Waals surface area contributed by atoms with Crippen LogP contribution in [0.3, 0.4) is 0 Å². The molecule has 0 saturated carbocycles. The summed E-state index contributed by atoms with van der Waals surface area (Å²) in [6.07, 6.45) is 0. The van der Waals surface area contributed by atoms with E-state index >= 15 is 0 Å². The number of hydrogen-bond donors (Lipinski definition) is 1. The number of amides is 1. The molecular weight excluding hydrogens is 236 g/mol. The molecule has 1 unspecified atom stereocenters. The zero-order chi connectivity index (χ0) is 12.8. The fourth-order valence-corrected chi connectivity index (χ4v) is 1.97. The van der Waals surface area contributed by atoms with E-state index in [1.54, 1.807) is 4.90 Å². The molecule has 1 rings (SSSR count). The molecule has 17 heavy (non-hydrogen) atoms. The van der Waals surface area contributed by atoms with Crippen molar-refractivity contribution in [1.29, 1.82) is 0 Å². The van der Waals surface area contributed by atoms with Crippen molar-refractivity contribution in [2.45, 2.75) is 13.5 Å². The first-order valence-corrected chi connectivity index (χ1v) is 6.06. The molecule has 0 aromatic heterocycles. The highest BCUT2D eigenvalue weighted by atomic mass is 35.5. The van der Waals surface area contributed by atoms with Gasteiger partial charge in [0.25, 0.3) is 0 Å². The van der Waals surface area contributed by atoms with Gasteiger partial charge in [-0.1, -0.05) is 30.7 Å². The van der Waals surface area contributed by atoms with E-state index in [4.69, 9.17) is 11.6 Å². The van der Waals surface area contributed by atoms with Crippen molar-refractivity contribution in [2.24, 2.45) is 5.92 Å². The third-order valence-electron chi connectivity index (χ3n) is 2.62. The average molecular weight is 255 g/mol. The van der Waals surface area contributed by atoms with Gasteiger partial charge in [-0.05, 0) is 24.7 Å². The topological polar surface area (TPSA) is 32.3 Å². The van der Waals surface area contributed by atoms with Gasteiger partial charge in [0.1, 0.15) is 0 Å². The standard InChI is InChI=1S/C13H19ClN2O/c1-10(8-15-2)13(17)16(3)9-11-5-4-6-12(14)7-11/h4-7,10,15H,8-9H2,1-3H3. The van der Waals surface area contributed by atoms with Gasteiger partial charge in [0.2, 0.25) is 5.91 Å². The summed E-state index contributed by atoms with van der Waals surface area (Å²) in [5, 5.41) is 3.71. The maximum atomic E-state index is 12.0. The van der Waals surface area contributed by atoms with Crippen molar-refractivity contribution in [3.05, 3.63) is 34.9 Å². The lowest BCUT2D eigenvalue weighted by Gasteiger charge is -2.21. The third-order valence-corrected chi connectivity index (χ3v) is 2.85. The second kappa shape index (κ2) is 6.62. The molecule has 0 heterocycles. The number of rotatable bonds is 5. The van der Waals surface area contributed by atoms with Crippen LogP contribution in [0.1, 0.15) is 12.5 Å². The SMILES string of the molecule is CNCC(C)C(=O)N(C)Cc1cccc(Cl)c1. The number of nitrogens with zero attached hydrogens (tertiary/aromatic N) is 1. The van der Waals surface area contributed by atoms with Gasteiger partial charge >= 0.3 is 0 Å². The second-order valence-corrected chi connectivity index (χ2v) is 4.72. The quantitative estimate of drug-likeness (QED) is 0.873. The summed E-state index contributed by atoms with van der Waals surface area (Å²) < 4.78 is 0. The molecule has 0 aliphatic rings. The van der Waals surface area contributed by atoms with Crippen molar-refractivity contribution >= 4 is 17.5 Å². The number of benzene rings is 1. The van der Waals surface area contributed by atoms with Crippen LogP contribution in [0.25, 0.3) is 0 Å². The van der Waals surface area contributed by atoms with E-state index in [0.717, 1.165) is 5.56 Å². The Labute approximate surface area is 108 Å². The molecule has 0 bridgehead atoms. The summed E-state index contributed by atoms with van der Waals surface area (Å²) in [6, 6.07) is 7.58. The minimum absolute atomic E-state index is 0.0100. The van der Waals surface area contributed by atoms with Crippen molar-refractivity contribution in [2.75, 3.05) is 20.6 Å². The van der Waals surface area contributed by atoms with Crippen LogP contribution in [-0.4, -0.2) is 31.4 Å². The highest BCUT2D eigenvalue weighted by Crippen LogP contribution is 2.13. The van der Waals surface area contributed by atoms with Crippen LogP contribution in [0.4, 0.5) is 0 Å². The van der Waals surface area contributed by atoms with Crippen molar-refractivity contribution in [3.63, 3.8) is 0 Å². The predicted octanol–water partition coefficient (Wildman–Crippen LogP) is 2.15. The Bertz CT molecular complexity index is 381. The average Bonchev–Trinajstić information content (AvgIpc) is 2.28. The van der Waals surface area contributed by atoms with E-state index in [-0.39, 0.29) is 11.8 Å². The number of carbonyl (C=O) groups excluding carboxylic acids is 1. The molecule has 1 atom stereocenters. The van der Waals surface area contributed by atoms with E-state index < -0.39 is 0 Å². The van der Waals surface area contributed by atoms with Crippen LogP contribution in [0.15, 0.2) is 24.3 Å². The molecular formula is C13H19ClN2O. The van der Waals surface area contributed by atoms with Crippen LogP contribution in [-0.2, 0) is 11.3 Å². The molecule has 0 aliphatic carbocycles. The van der Waals surface area contributed by atoms with Gasteiger partial charge in [0.15, 0.2) is 0 Å². The van der Waals surface area contributed by atoms with Gasteiger partial charge in [-0.15, -0.1) is 0 Å². The van der Waals surface area contributed by atoms with E-state index in [1.807, 2.05) is 45.3 Å². The first kappa shape index (κ1) is 14.0. The molecule has 0 saturated heterocycles. The van der Waals surface area contributed by atoms with Crippen LogP contribution >= 0.6 is 11.6 Å². The summed E-state index contributed by atoms with van der Waals surface area (Å²) in [7, 11) is 3.66. The zero-order valence-electron chi connectivity index (χ0n) is 10.5. The Balaban J connectivity index is 2.59. The summed E-state index contributed by atoms with van der Waals surface area (Å²) in [6.45, 7) is 3.21. The summed E-state index contributed by atoms with van der Waals surface area (Å²) in [5.74, 6) is 0.128. The van der Waals surface area contributed by atoms with Crippen LogP contribution in [0.5, 0.6) is 0 Å². The molecule has 1 N–H and O–H groups in total. The first-order chi connectivity index (χ1) is 8.04. The highest BCUT2D eigenvalue weighted by Gasteiger charge is 2.16. The Morgan fingerprint density at radius 3 is 2.82 bits per heavy atom. The highest BCUT2D eigenvalue weighted by molar-refractivity contribution is 6.30. The fraction of sp³-hybridized carbons (Fsp3) is 0.462. The number of nitrogens with one attached hydrogen (secondary N) is 1. The fourth-order valence-electron chi connectivity index (χ4n) is 1.76. The van der Waals surface area contributed by atoms with E-state index in [2.05, 4.69) is 5.32 Å². The smallest absolute Gasteiger partial charge is 0.226 e. The molecule has 1 aromatic carbocycles. The van der Waals surface area contributed by atoms with Crippen LogP contribution in [0, 0.1) is 5.92 Å². The molecule has 3 nitrogen and oxygen atoms in total. The third kappa shape index (κ3) is 4.36. The lowest BCUT2D eigenvalue weighted by Crippen LogP contribution is -2.35. The second-order valence-electron chi connectivity index (χ2n) is 4.28. The molecule has 0 fully saturated rings. The van der Waals surface area contributed by atoms with E-state index in [9.17, 15) is 4.79 Å². The van der Waals surface area contributed by atoms with Gasteiger partial charge in [-0.25, -0.2) is 0 Å². The normalized spacial score (nSPS) is 12.2. The van der Waals surface area contributed by atoms with Gasteiger partial charge < -0.3 is 10.2 Å². The Morgan fingerprint density at radius 2 is 2.24 bits per heavy atom. The zero-order valence-corrected chi connectivity index (χ0v) is 11.3.